The van der Waals surface area contributed by atoms with Crippen LogP contribution in [0.4, 0.5) is 0 Å². The monoisotopic (exact) mass is 140 g/mol. The molecule has 0 bridgehead atoms. The van der Waals surface area contributed by atoms with E-state index in [2.05, 4.69) is 38.3 Å². The highest BCUT2D eigenvalue weighted by Crippen LogP contribution is 2.50. The minimum Gasteiger partial charge on any atom is -0.290 e. The van der Waals surface area contributed by atoms with Crippen LogP contribution in [0.5, 0.6) is 0 Å². The zero-order valence-corrected chi connectivity index (χ0v) is 7.15. The second-order valence-electron chi connectivity index (χ2n) is 4.42. The summed E-state index contributed by atoms with van der Waals surface area (Å²) < 4.78 is 0. The van der Waals surface area contributed by atoms with Gasteiger partial charge in [-0.3, -0.25) is 10.6 Å². The molecule has 0 saturated carbocycles. The van der Waals surface area contributed by atoms with Crippen molar-refractivity contribution in [2.24, 2.45) is 5.92 Å². The van der Waals surface area contributed by atoms with Crippen LogP contribution < -0.4 is 10.6 Å². The summed E-state index contributed by atoms with van der Waals surface area (Å²) >= 11 is 0. The average molecular weight is 140 g/mol. The lowest BCUT2D eigenvalue weighted by Gasteiger charge is -1.98. The van der Waals surface area contributed by atoms with Crippen LogP contribution in [-0.2, 0) is 0 Å². The van der Waals surface area contributed by atoms with Crippen LogP contribution in [0.3, 0.4) is 0 Å². The molecule has 0 aliphatic carbocycles. The van der Waals surface area contributed by atoms with E-state index >= 15 is 0 Å². The fourth-order valence-corrected chi connectivity index (χ4v) is 2.01. The summed E-state index contributed by atoms with van der Waals surface area (Å²) in [4.78, 5) is 0. The van der Waals surface area contributed by atoms with E-state index in [1.165, 1.54) is 0 Å². The van der Waals surface area contributed by atoms with Crippen LogP contribution in [0.1, 0.15) is 27.7 Å². The van der Waals surface area contributed by atoms with Crippen molar-refractivity contribution in [1.29, 1.82) is 0 Å². The Morgan fingerprint density at radius 2 is 1.80 bits per heavy atom. The molecular formula is C8H16N2. The Balaban J connectivity index is 2.04. The molecule has 0 aromatic carbocycles. The van der Waals surface area contributed by atoms with Gasteiger partial charge in [0, 0.05) is 11.6 Å². The van der Waals surface area contributed by atoms with Crippen molar-refractivity contribution in [3.63, 3.8) is 0 Å². The highest BCUT2D eigenvalue weighted by Gasteiger charge is 2.76. The van der Waals surface area contributed by atoms with E-state index in [-0.39, 0.29) is 0 Å². The molecule has 2 aliphatic rings. The van der Waals surface area contributed by atoms with Gasteiger partial charge < -0.3 is 0 Å². The van der Waals surface area contributed by atoms with Crippen molar-refractivity contribution < 1.29 is 0 Å². The predicted molar refractivity (Wildman–Crippen MR) is 41.7 cm³/mol. The summed E-state index contributed by atoms with van der Waals surface area (Å²) in [6, 6.07) is 0.711. The third kappa shape index (κ3) is 0.565. The Morgan fingerprint density at radius 3 is 1.90 bits per heavy atom. The van der Waals surface area contributed by atoms with Crippen molar-refractivity contribution in [3.8, 4) is 0 Å². The Labute approximate surface area is 62.4 Å². The van der Waals surface area contributed by atoms with Crippen LogP contribution >= 0.6 is 0 Å². The SMILES string of the molecule is CC(C)C1NC12NC2(C)C. The fourth-order valence-electron chi connectivity index (χ4n) is 2.01. The molecule has 0 aromatic heterocycles. The third-order valence-corrected chi connectivity index (χ3v) is 2.87. The molecule has 2 fully saturated rings. The summed E-state index contributed by atoms with van der Waals surface area (Å²) in [5, 5.41) is 6.98. The first kappa shape index (κ1) is 6.62. The van der Waals surface area contributed by atoms with Gasteiger partial charge in [0.1, 0.15) is 5.66 Å². The molecule has 2 saturated heterocycles. The summed E-state index contributed by atoms with van der Waals surface area (Å²) in [7, 11) is 0. The molecule has 2 unspecified atom stereocenters. The summed E-state index contributed by atoms with van der Waals surface area (Å²) in [6.07, 6.45) is 0. The summed E-state index contributed by atoms with van der Waals surface area (Å²) in [5.41, 5.74) is 0.684. The van der Waals surface area contributed by atoms with Crippen LogP contribution in [0, 0.1) is 5.92 Å². The van der Waals surface area contributed by atoms with Crippen LogP contribution in [0.2, 0.25) is 0 Å². The van der Waals surface area contributed by atoms with Gasteiger partial charge in [-0.2, -0.15) is 0 Å². The highest BCUT2D eigenvalue weighted by molar-refractivity contribution is 5.36. The topological polar surface area (TPSA) is 43.9 Å². The predicted octanol–water partition coefficient (Wildman–Crippen LogP) is 0.692. The van der Waals surface area contributed by atoms with E-state index in [1.807, 2.05) is 0 Å². The quantitative estimate of drug-likeness (QED) is 0.526. The van der Waals surface area contributed by atoms with E-state index in [0.29, 0.717) is 17.2 Å². The molecule has 58 valence electrons. The largest absolute Gasteiger partial charge is 0.290 e. The second kappa shape index (κ2) is 1.41. The Kier molecular flexibility index (Phi) is 0.933. The van der Waals surface area contributed by atoms with Gasteiger partial charge in [-0.1, -0.05) is 13.8 Å². The number of nitrogens with one attached hydrogen (secondary N) is 2. The molecule has 2 N–H and O–H groups in total. The van der Waals surface area contributed by atoms with E-state index in [1.54, 1.807) is 0 Å². The first-order chi connectivity index (χ1) is 4.50. The maximum Gasteiger partial charge on any atom is 0.104 e. The lowest BCUT2D eigenvalue weighted by atomic mass is 10.0. The van der Waals surface area contributed by atoms with Crippen LogP contribution in [-0.4, -0.2) is 17.2 Å². The molecule has 0 amide bonds. The number of hydrogen-bond donors (Lipinski definition) is 2. The maximum absolute atomic E-state index is 3.50. The minimum atomic E-state index is 0.334. The van der Waals surface area contributed by atoms with Gasteiger partial charge in [-0.25, -0.2) is 0 Å². The van der Waals surface area contributed by atoms with E-state index in [9.17, 15) is 0 Å². The molecule has 2 atom stereocenters. The molecule has 10 heavy (non-hydrogen) atoms. The average Bonchev–Trinajstić information content (AvgIpc) is 2.51. The lowest BCUT2D eigenvalue weighted by Crippen LogP contribution is -2.11. The smallest absolute Gasteiger partial charge is 0.104 e. The zero-order chi connectivity index (χ0) is 7.57. The molecule has 2 rings (SSSR count). The van der Waals surface area contributed by atoms with E-state index in [0.717, 1.165) is 5.92 Å². The van der Waals surface area contributed by atoms with Crippen molar-refractivity contribution in [3.05, 3.63) is 0 Å². The van der Waals surface area contributed by atoms with Gasteiger partial charge in [-0.05, 0) is 19.8 Å². The minimum absolute atomic E-state index is 0.334. The first-order valence-corrected chi connectivity index (χ1v) is 4.07. The Bertz CT molecular complexity index is 174. The summed E-state index contributed by atoms with van der Waals surface area (Å²) in [6.45, 7) is 9.04. The third-order valence-electron chi connectivity index (χ3n) is 2.87. The van der Waals surface area contributed by atoms with Gasteiger partial charge >= 0.3 is 0 Å². The standard InChI is InChI=1S/C8H16N2/c1-5(2)6-8(9-6)7(3,4)10-8/h5-6,9-10H,1-4H3. The molecular weight excluding hydrogens is 124 g/mol. The lowest BCUT2D eigenvalue weighted by molar-refractivity contribution is 0.596. The second-order valence-corrected chi connectivity index (χ2v) is 4.42. The maximum atomic E-state index is 3.50. The molecule has 0 radical (unpaired) electrons. The number of rotatable bonds is 1. The molecule has 2 aliphatic heterocycles. The molecule has 2 heterocycles. The molecule has 0 aromatic rings. The van der Waals surface area contributed by atoms with Gasteiger partial charge in [0.05, 0.1) is 0 Å². The van der Waals surface area contributed by atoms with Gasteiger partial charge in [-0.15, -0.1) is 0 Å². The molecule has 2 heteroatoms. The highest BCUT2D eigenvalue weighted by atomic mass is 15.6. The molecule has 2 nitrogen and oxygen atoms in total. The van der Waals surface area contributed by atoms with E-state index < -0.39 is 0 Å². The van der Waals surface area contributed by atoms with Gasteiger partial charge in [0.25, 0.3) is 0 Å². The Morgan fingerprint density at radius 1 is 1.30 bits per heavy atom. The van der Waals surface area contributed by atoms with E-state index in [4.69, 9.17) is 0 Å². The molecule has 1 spiro atoms. The van der Waals surface area contributed by atoms with Crippen molar-refractivity contribution >= 4 is 0 Å². The summed E-state index contributed by atoms with van der Waals surface area (Å²) in [5.74, 6) is 0.759. The normalized spacial score (nSPS) is 48.3. The van der Waals surface area contributed by atoms with Crippen LogP contribution in [0.25, 0.3) is 0 Å². The zero-order valence-electron chi connectivity index (χ0n) is 7.15. The van der Waals surface area contributed by atoms with Crippen molar-refractivity contribution in [2.75, 3.05) is 0 Å². The fraction of sp³-hybridized carbons (Fsp3) is 1.00. The van der Waals surface area contributed by atoms with Gasteiger partial charge in [0.15, 0.2) is 0 Å². The van der Waals surface area contributed by atoms with Crippen molar-refractivity contribution in [2.45, 2.75) is 44.9 Å². The first-order valence-electron chi connectivity index (χ1n) is 4.07. The Hall–Kier alpha value is -0.0800. The van der Waals surface area contributed by atoms with Crippen LogP contribution in [0.15, 0.2) is 0 Å². The number of hydrogen-bond acceptors (Lipinski definition) is 2. The van der Waals surface area contributed by atoms with Gasteiger partial charge in [0.2, 0.25) is 0 Å². The van der Waals surface area contributed by atoms with Crippen molar-refractivity contribution in [1.82, 2.24) is 10.6 Å².